The Morgan fingerprint density at radius 3 is 1.75 bits per heavy atom. The fourth-order valence-corrected chi connectivity index (χ4v) is 4.18. The molecule has 3 rings (SSSR count). The summed E-state index contributed by atoms with van der Waals surface area (Å²) in [5.74, 6) is -2.13. The number of carboxylic acid groups (broad SMARTS) is 1. The van der Waals surface area contributed by atoms with Crippen LogP contribution in [-0.2, 0) is 28.9 Å². The van der Waals surface area contributed by atoms with Crippen molar-refractivity contribution >= 4 is 12.1 Å². The maximum absolute atomic E-state index is 13.3. The van der Waals surface area contributed by atoms with Crippen molar-refractivity contribution < 1.29 is 24.5 Å². The number of aliphatic carboxylic acids is 1. The second-order valence-electron chi connectivity index (χ2n) is 10.1. The van der Waals surface area contributed by atoms with Gasteiger partial charge in [0.1, 0.15) is 5.60 Å². The monoisotopic (exact) mass is 489 g/mol. The molecule has 6 nitrogen and oxygen atoms in total. The van der Waals surface area contributed by atoms with Crippen LogP contribution in [0.2, 0.25) is 0 Å². The molecular weight excluding hydrogens is 454 g/mol. The summed E-state index contributed by atoms with van der Waals surface area (Å²) < 4.78 is 5.67. The van der Waals surface area contributed by atoms with Crippen LogP contribution in [0.25, 0.3) is 0 Å². The first-order valence-electron chi connectivity index (χ1n) is 12.1. The number of ether oxygens (including phenoxy) is 1. The van der Waals surface area contributed by atoms with Gasteiger partial charge in [0.05, 0.1) is 0 Å². The summed E-state index contributed by atoms with van der Waals surface area (Å²) >= 11 is 0. The SMILES string of the molecule is CC(C)(C)OC(=O)N(Cc1ccccc1)C[C@@H](Cc1ccccc1)[C@](O)(Cc1ccccc1)C(=O)O. The Hall–Kier alpha value is -3.64. The number of carbonyl (C=O) groups is 2. The van der Waals surface area contributed by atoms with E-state index in [2.05, 4.69) is 0 Å². The van der Waals surface area contributed by atoms with E-state index in [0.717, 1.165) is 11.1 Å². The van der Waals surface area contributed by atoms with Crippen LogP contribution in [0.5, 0.6) is 0 Å². The van der Waals surface area contributed by atoms with Gasteiger partial charge in [-0.3, -0.25) is 0 Å². The van der Waals surface area contributed by atoms with E-state index in [4.69, 9.17) is 4.74 Å². The molecule has 0 saturated carbocycles. The Balaban J connectivity index is 2.00. The lowest BCUT2D eigenvalue weighted by Gasteiger charge is -2.37. The molecule has 3 aromatic rings. The first-order valence-corrected chi connectivity index (χ1v) is 12.1. The molecule has 0 spiro atoms. The minimum Gasteiger partial charge on any atom is -0.479 e. The molecule has 2 atom stereocenters. The van der Waals surface area contributed by atoms with Crippen molar-refractivity contribution in [1.82, 2.24) is 4.90 Å². The first kappa shape index (κ1) is 27.0. The van der Waals surface area contributed by atoms with Crippen molar-refractivity contribution in [2.75, 3.05) is 6.54 Å². The average molecular weight is 490 g/mol. The standard InChI is InChI=1S/C30H35NO5/c1-29(2,3)36-28(34)31(21-25-17-11-6-12-18-25)22-26(19-23-13-7-4-8-14-23)30(35,27(32)33)20-24-15-9-5-10-16-24/h4-18,26,35H,19-22H2,1-3H3,(H,32,33)/t26-,30-/m1/s1. The predicted octanol–water partition coefficient (Wildman–Crippen LogP) is 5.34. The van der Waals surface area contributed by atoms with Gasteiger partial charge in [0, 0.05) is 25.4 Å². The number of benzene rings is 3. The van der Waals surface area contributed by atoms with E-state index >= 15 is 0 Å². The van der Waals surface area contributed by atoms with Crippen LogP contribution in [0.1, 0.15) is 37.5 Å². The van der Waals surface area contributed by atoms with Crippen molar-refractivity contribution in [3.8, 4) is 0 Å². The van der Waals surface area contributed by atoms with E-state index in [1.165, 1.54) is 4.90 Å². The van der Waals surface area contributed by atoms with Gasteiger partial charge in [-0.2, -0.15) is 0 Å². The second kappa shape index (κ2) is 11.9. The van der Waals surface area contributed by atoms with Gasteiger partial charge in [-0.25, -0.2) is 9.59 Å². The largest absolute Gasteiger partial charge is 0.479 e. The molecule has 0 aliphatic carbocycles. The number of carboxylic acids is 1. The topological polar surface area (TPSA) is 87.1 Å². The number of amides is 1. The lowest BCUT2D eigenvalue weighted by Crippen LogP contribution is -2.53. The van der Waals surface area contributed by atoms with E-state index in [1.807, 2.05) is 78.9 Å². The highest BCUT2D eigenvalue weighted by atomic mass is 16.6. The molecule has 1 amide bonds. The highest BCUT2D eigenvalue weighted by molar-refractivity contribution is 5.78. The third-order valence-corrected chi connectivity index (χ3v) is 6.00. The minimum atomic E-state index is -2.12. The predicted molar refractivity (Wildman–Crippen MR) is 139 cm³/mol. The van der Waals surface area contributed by atoms with Crippen molar-refractivity contribution in [2.24, 2.45) is 5.92 Å². The number of hydrogen-bond donors (Lipinski definition) is 2. The molecule has 0 radical (unpaired) electrons. The zero-order chi connectivity index (χ0) is 26.2. The van der Waals surface area contributed by atoms with Gasteiger partial charge >= 0.3 is 12.1 Å². The van der Waals surface area contributed by atoms with Gasteiger partial charge in [0.15, 0.2) is 5.60 Å². The molecule has 0 fully saturated rings. The summed E-state index contributed by atoms with van der Waals surface area (Å²) in [5.41, 5.74) is -0.391. The number of nitrogens with zero attached hydrogens (tertiary/aromatic N) is 1. The molecule has 0 unspecified atom stereocenters. The number of rotatable bonds is 10. The van der Waals surface area contributed by atoms with Crippen LogP contribution >= 0.6 is 0 Å². The molecule has 0 aliphatic heterocycles. The number of hydrogen-bond acceptors (Lipinski definition) is 4. The van der Waals surface area contributed by atoms with Crippen molar-refractivity contribution in [3.63, 3.8) is 0 Å². The normalized spacial score (nSPS) is 13.9. The molecule has 3 aromatic carbocycles. The van der Waals surface area contributed by atoms with Crippen molar-refractivity contribution in [1.29, 1.82) is 0 Å². The summed E-state index contributed by atoms with van der Waals surface area (Å²) in [6.07, 6.45) is -0.379. The van der Waals surface area contributed by atoms with Crippen LogP contribution in [0.3, 0.4) is 0 Å². The first-order chi connectivity index (χ1) is 17.1. The van der Waals surface area contributed by atoms with Crippen LogP contribution in [-0.4, -0.2) is 44.9 Å². The van der Waals surface area contributed by atoms with Crippen LogP contribution in [0.4, 0.5) is 4.79 Å². The molecule has 2 N–H and O–H groups in total. The van der Waals surface area contributed by atoms with Gasteiger partial charge in [0.2, 0.25) is 0 Å². The fourth-order valence-electron chi connectivity index (χ4n) is 4.18. The quantitative estimate of drug-likeness (QED) is 0.401. The third kappa shape index (κ3) is 7.68. The Morgan fingerprint density at radius 1 is 0.806 bits per heavy atom. The van der Waals surface area contributed by atoms with Gasteiger partial charge < -0.3 is 19.8 Å². The van der Waals surface area contributed by atoms with Crippen molar-refractivity contribution in [3.05, 3.63) is 108 Å². The number of carbonyl (C=O) groups excluding carboxylic acids is 1. The second-order valence-corrected chi connectivity index (χ2v) is 10.1. The highest BCUT2D eigenvalue weighted by Gasteiger charge is 2.45. The van der Waals surface area contributed by atoms with Crippen LogP contribution in [0.15, 0.2) is 91.0 Å². The van der Waals surface area contributed by atoms with E-state index in [-0.39, 0.29) is 25.9 Å². The lowest BCUT2D eigenvalue weighted by molar-refractivity contribution is -0.166. The fraction of sp³-hybridized carbons (Fsp3) is 0.333. The molecule has 6 heteroatoms. The Kier molecular flexibility index (Phi) is 8.88. The zero-order valence-corrected chi connectivity index (χ0v) is 21.1. The summed E-state index contributed by atoms with van der Waals surface area (Å²) in [4.78, 5) is 27.4. The van der Waals surface area contributed by atoms with E-state index < -0.39 is 29.2 Å². The highest BCUT2D eigenvalue weighted by Crippen LogP contribution is 2.29. The van der Waals surface area contributed by atoms with Gasteiger partial charge in [-0.15, -0.1) is 0 Å². The summed E-state index contributed by atoms with van der Waals surface area (Å²) in [5, 5.41) is 22.0. The maximum Gasteiger partial charge on any atom is 0.410 e. The Labute approximate surface area is 213 Å². The van der Waals surface area contributed by atoms with E-state index in [1.54, 1.807) is 32.9 Å². The zero-order valence-electron chi connectivity index (χ0n) is 21.1. The maximum atomic E-state index is 13.3. The molecular formula is C30H35NO5. The molecule has 0 bridgehead atoms. The Morgan fingerprint density at radius 2 is 1.28 bits per heavy atom. The van der Waals surface area contributed by atoms with Crippen LogP contribution in [0, 0.1) is 5.92 Å². The smallest absolute Gasteiger partial charge is 0.410 e. The van der Waals surface area contributed by atoms with Gasteiger partial charge in [-0.05, 0) is 43.9 Å². The van der Waals surface area contributed by atoms with Crippen molar-refractivity contribution in [2.45, 2.75) is 51.4 Å². The molecule has 0 aliphatic rings. The van der Waals surface area contributed by atoms with E-state index in [9.17, 15) is 19.8 Å². The van der Waals surface area contributed by atoms with Gasteiger partial charge in [0.25, 0.3) is 0 Å². The number of aliphatic hydroxyl groups is 1. The molecule has 36 heavy (non-hydrogen) atoms. The summed E-state index contributed by atoms with van der Waals surface area (Å²) in [7, 11) is 0. The summed E-state index contributed by atoms with van der Waals surface area (Å²) in [6, 6.07) is 27.9. The third-order valence-electron chi connectivity index (χ3n) is 6.00. The molecule has 190 valence electrons. The summed E-state index contributed by atoms with van der Waals surface area (Å²) in [6.45, 7) is 5.58. The average Bonchev–Trinajstić information content (AvgIpc) is 2.84. The molecule has 0 aromatic heterocycles. The Bertz CT molecular complexity index is 1110. The lowest BCUT2D eigenvalue weighted by atomic mass is 9.78. The van der Waals surface area contributed by atoms with E-state index in [0.29, 0.717) is 5.56 Å². The van der Waals surface area contributed by atoms with Crippen LogP contribution < -0.4 is 0 Å². The molecule has 0 heterocycles. The minimum absolute atomic E-state index is 0.00562. The van der Waals surface area contributed by atoms with Gasteiger partial charge in [-0.1, -0.05) is 91.0 Å². The molecule has 0 saturated heterocycles.